The molecule has 0 saturated carbocycles. The van der Waals surface area contributed by atoms with E-state index in [-0.39, 0.29) is 5.92 Å². The first-order valence-electron chi connectivity index (χ1n) is 2.88. The first-order chi connectivity index (χ1) is 3.55. The first kappa shape index (κ1) is 7.89. The molecule has 8 heavy (non-hydrogen) atoms. The maximum atomic E-state index is 12.1. The SMILES string of the molecule is CC(C)C(O)C(C)F. The standard InChI is InChI=1S/C6H13FO/c1-4(2)6(8)5(3)7/h4-6,8H,1-3H3. The molecule has 0 aromatic carbocycles. The van der Waals surface area contributed by atoms with Gasteiger partial charge in [0.05, 0.1) is 6.10 Å². The Morgan fingerprint density at radius 1 is 1.25 bits per heavy atom. The van der Waals surface area contributed by atoms with Crippen molar-refractivity contribution < 1.29 is 9.50 Å². The molecule has 0 bridgehead atoms. The molecule has 2 atom stereocenters. The highest BCUT2D eigenvalue weighted by Gasteiger charge is 2.15. The molecule has 50 valence electrons. The lowest BCUT2D eigenvalue weighted by molar-refractivity contribution is 0.0502. The fourth-order valence-corrected chi connectivity index (χ4v) is 0.530. The molecule has 0 aliphatic carbocycles. The van der Waals surface area contributed by atoms with Crippen LogP contribution < -0.4 is 0 Å². The fraction of sp³-hybridized carbons (Fsp3) is 1.00. The van der Waals surface area contributed by atoms with Crippen molar-refractivity contribution in [2.75, 3.05) is 0 Å². The van der Waals surface area contributed by atoms with Crippen LogP contribution >= 0.6 is 0 Å². The molecule has 0 amide bonds. The van der Waals surface area contributed by atoms with E-state index in [1.807, 2.05) is 0 Å². The molecule has 0 aromatic heterocycles. The third-order valence-corrected chi connectivity index (χ3v) is 1.15. The zero-order valence-corrected chi connectivity index (χ0v) is 5.56. The Hall–Kier alpha value is -0.110. The maximum Gasteiger partial charge on any atom is 0.123 e. The molecule has 0 aliphatic heterocycles. The van der Waals surface area contributed by atoms with Crippen LogP contribution in [0.5, 0.6) is 0 Å². The Bertz CT molecular complexity index is 53.5. The lowest BCUT2D eigenvalue weighted by Gasteiger charge is -2.14. The van der Waals surface area contributed by atoms with Gasteiger partial charge in [-0.1, -0.05) is 13.8 Å². The van der Waals surface area contributed by atoms with Gasteiger partial charge >= 0.3 is 0 Å². The van der Waals surface area contributed by atoms with Crippen molar-refractivity contribution in [2.45, 2.75) is 33.0 Å². The normalized spacial score (nSPS) is 18.8. The number of aliphatic hydroxyl groups is 1. The Kier molecular flexibility index (Phi) is 2.98. The van der Waals surface area contributed by atoms with E-state index in [0.717, 1.165) is 0 Å². The molecule has 0 spiro atoms. The van der Waals surface area contributed by atoms with Crippen LogP contribution in [-0.4, -0.2) is 17.4 Å². The van der Waals surface area contributed by atoms with Crippen LogP contribution in [0, 0.1) is 5.92 Å². The minimum Gasteiger partial charge on any atom is -0.390 e. The van der Waals surface area contributed by atoms with E-state index in [2.05, 4.69) is 0 Å². The maximum absolute atomic E-state index is 12.1. The average molecular weight is 120 g/mol. The van der Waals surface area contributed by atoms with Crippen LogP contribution in [0.2, 0.25) is 0 Å². The summed E-state index contributed by atoms with van der Waals surface area (Å²) in [6.07, 6.45) is -1.90. The van der Waals surface area contributed by atoms with E-state index >= 15 is 0 Å². The van der Waals surface area contributed by atoms with Gasteiger partial charge in [-0.05, 0) is 12.8 Å². The first-order valence-corrected chi connectivity index (χ1v) is 2.88. The van der Waals surface area contributed by atoms with Crippen molar-refractivity contribution >= 4 is 0 Å². The largest absolute Gasteiger partial charge is 0.390 e. The van der Waals surface area contributed by atoms with Gasteiger partial charge in [-0.2, -0.15) is 0 Å². The summed E-state index contributed by atoms with van der Waals surface area (Å²) in [6.45, 7) is 4.95. The molecule has 2 unspecified atom stereocenters. The Morgan fingerprint density at radius 2 is 1.62 bits per heavy atom. The highest BCUT2D eigenvalue weighted by atomic mass is 19.1. The van der Waals surface area contributed by atoms with E-state index in [1.54, 1.807) is 13.8 Å². The van der Waals surface area contributed by atoms with Crippen LogP contribution in [0.3, 0.4) is 0 Å². The van der Waals surface area contributed by atoms with Crippen molar-refractivity contribution in [3.8, 4) is 0 Å². The van der Waals surface area contributed by atoms with Gasteiger partial charge in [0.25, 0.3) is 0 Å². The summed E-state index contributed by atoms with van der Waals surface area (Å²) >= 11 is 0. The van der Waals surface area contributed by atoms with Gasteiger partial charge in [0.2, 0.25) is 0 Å². The Balaban J connectivity index is 3.46. The van der Waals surface area contributed by atoms with Gasteiger partial charge in [0.1, 0.15) is 6.17 Å². The number of rotatable bonds is 2. The molecule has 0 aromatic rings. The number of hydrogen-bond acceptors (Lipinski definition) is 1. The van der Waals surface area contributed by atoms with Crippen LogP contribution in [0.4, 0.5) is 4.39 Å². The number of aliphatic hydroxyl groups excluding tert-OH is 1. The van der Waals surface area contributed by atoms with E-state index in [0.29, 0.717) is 0 Å². The summed E-state index contributed by atoms with van der Waals surface area (Å²) in [7, 11) is 0. The van der Waals surface area contributed by atoms with Crippen molar-refractivity contribution in [2.24, 2.45) is 5.92 Å². The molecular formula is C6H13FO. The van der Waals surface area contributed by atoms with Gasteiger partial charge in [-0.15, -0.1) is 0 Å². The zero-order valence-electron chi connectivity index (χ0n) is 5.56. The van der Waals surface area contributed by atoms with Crippen molar-refractivity contribution in [1.29, 1.82) is 0 Å². The van der Waals surface area contributed by atoms with Gasteiger partial charge in [-0.25, -0.2) is 4.39 Å². The van der Waals surface area contributed by atoms with Crippen LogP contribution in [0.15, 0.2) is 0 Å². The van der Waals surface area contributed by atoms with E-state index in [1.165, 1.54) is 6.92 Å². The average Bonchev–Trinajstić information content (AvgIpc) is 1.64. The zero-order chi connectivity index (χ0) is 6.73. The van der Waals surface area contributed by atoms with E-state index < -0.39 is 12.3 Å². The molecule has 1 N–H and O–H groups in total. The topological polar surface area (TPSA) is 20.2 Å². The molecule has 0 saturated heterocycles. The highest BCUT2D eigenvalue weighted by Crippen LogP contribution is 2.07. The van der Waals surface area contributed by atoms with E-state index in [9.17, 15) is 4.39 Å². The molecule has 2 heteroatoms. The molecule has 0 heterocycles. The van der Waals surface area contributed by atoms with Crippen LogP contribution in [-0.2, 0) is 0 Å². The minimum absolute atomic E-state index is 0.0231. The second-order valence-corrected chi connectivity index (χ2v) is 2.41. The lowest BCUT2D eigenvalue weighted by Crippen LogP contribution is -2.24. The van der Waals surface area contributed by atoms with Gasteiger partial charge in [-0.3, -0.25) is 0 Å². The molecule has 0 aliphatic rings. The van der Waals surface area contributed by atoms with Gasteiger partial charge in [0, 0.05) is 0 Å². The summed E-state index contributed by atoms with van der Waals surface area (Å²) in [4.78, 5) is 0. The molecule has 0 fully saturated rings. The summed E-state index contributed by atoms with van der Waals surface area (Å²) in [6, 6.07) is 0. The molecule has 0 radical (unpaired) electrons. The molecular weight excluding hydrogens is 107 g/mol. The summed E-state index contributed by atoms with van der Waals surface area (Å²) in [5.41, 5.74) is 0. The summed E-state index contributed by atoms with van der Waals surface area (Å²) in [5, 5.41) is 8.83. The number of hydrogen-bond donors (Lipinski definition) is 1. The smallest absolute Gasteiger partial charge is 0.123 e. The van der Waals surface area contributed by atoms with Crippen LogP contribution in [0.25, 0.3) is 0 Å². The number of halogens is 1. The molecule has 1 nitrogen and oxygen atoms in total. The third-order valence-electron chi connectivity index (χ3n) is 1.15. The second-order valence-electron chi connectivity index (χ2n) is 2.41. The quantitative estimate of drug-likeness (QED) is 0.583. The predicted octanol–water partition coefficient (Wildman–Crippen LogP) is 1.36. The van der Waals surface area contributed by atoms with Gasteiger partial charge in [0.15, 0.2) is 0 Å². The summed E-state index contributed by atoms with van der Waals surface area (Å²) in [5.74, 6) is 0.0231. The summed E-state index contributed by atoms with van der Waals surface area (Å²) < 4.78 is 12.1. The Labute approximate surface area is 49.5 Å². The second kappa shape index (κ2) is 3.02. The van der Waals surface area contributed by atoms with E-state index in [4.69, 9.17) is 5.11 Å². The fourth-order valence-electron chi connectivity index (χ4n) is 0.530. The predicted molar refractivity (Wildman–Crippen MR) is 31.4 cm³/mol. The highest BCUT2D eigenvalue weighted by molar-refractivity contribution is 4.64. The van der Waals surface area contributed by atoms with Crippen molar-refractivity contribution in [3.05, 3.63) is 0 Å². The monoisotopic (exact) mass is 120 g/mol. The van der Waals surface area contributed by atoms with Crippen molar-refractivity contribution in [3.63, 3.8) is 0 Å². The van der Waals surface area contributed by atoms with Gasteiger partial charge < -0.3 is 5.11 Å². The molecule has 0 rings (SSSR count). The van der Waals surface area contributed by atoms with Crippen LogP contribution in [0.1, 0.15) is 20.8 Å². The Morgan fingerprint density at radius 3 is 1.62 bits per heavy atom. The van der Waals surface area contributed by atoms with Crippen molar-refractivity contribution in [1.82, 2.24) is 0 Å². The third kappa shape index (κ3) is 2.26. The lowest BCUT2D eigenvalue weighted by atomic mass is 10.0. The minimum atomic E-state index is -1.10. The number of alkyl halides is 1.